The Kier molecular flexibility index (Phi) is 16.0. The average molecular weight is 705 g/mol. The minimum absolute atomic E-state index is 0.0922. The van der Waals surface area contributed by atoms with Gasteiger partial charge < -0.3 is 23.1 Å². The Bertz CT molecular complexity index is 990. The zero-order chi connectivity index (χ0) is 35.9. The molecule has 0 aliphatic heterocycles. The maximum atomic E-state index is 14.1. The van der Waals surface area contributed by atoms with E-state index in [9.17, 15) is 9.59 Å². The monoisotopic (exact) mass is 704 g/mol. The average Bonchev–Trinajstić information content (AvgIpc) is 2.92. The minimum Gasteiger partial charge on any atom is -0.461 e. The third kappa shape index (κ3) is 10.2. The number of rotatable bonds is 21. The molecule has 7 nitrogen and oxygen atoms in total. The summed E-state index contributed by atoms with van der Waals surface area (Å²) >= 11 is 0. The molecule has 0 saturated carbocycles. The topological polar surface area (TPSA) is 80.3 Å². The molecule has 0 saturated heterocycles. The lowest BCUT2D eigenvalue weighted by Gasteiger charge is -2.50. The summed E-state index contributed by atoms with van der Waals surface area (Å²) in [5.41, 5.74) is 0. The van der Waals surface area contributed by atoms with Crippen molar-refractivity contribution < 1.29 is 32.7 Å². The Labute approximate surface area is 282 Å². The molecule has 0 aliphatic carbocycles. The second-order valence-corrected chi connectivity index (χ2v) is 36.5. The maximum Gasteiger partial charge on any atom is 0.311 e. The van der Waals surface area contributed by atoms with Crippen LogP contribution in [0.15, 0.2) is 12.7 Å². The highest BCUT2D eigenvalue weighted by Crippen LogP contribution is 2.48. The van der Waals surface area contributed by atoms with E-state index in [0.717, 1.165) is 12.8 Å². The fourth-order valence-corrected chi connectivity index (χ4v) is 17.4. The lowest BCUT2D eigenvalue weighted by atomic mass is 10.1. The van der Waals surface area contributed by atoms with E-state index >= 15 is 0 Å². The fraction of sp³-hybridized carbons (Fsp3) is 0.882. The van der Waals surface area contributed by atoms with Crippen molar-refractivity contribution in [1.29, 1.82) is 0 Å². The van der Waals surface area contributed by atoms with Gasteiger partial charge in [0.15, 0.2) is 6.10 Å². The summed E-state index contributed by atoms with van der Waals surface area (Å²) in [6, 6.07) is 0. The van der Waals surface area contributed by atoms with Gasteiger partial charge in [0.25, 0.3) is 0 Å². The molecule has 266 valence electrons. The van der Waals surface area contributed by atoms with Gasteiger partial charge in [-0.1, -0.05) is 73.1 Å². The van der Waals surface area contributed by atoms with E-state index in [2.05, 4.69) is 99.7 Å². The molecule has 0 fully saturated rings. The van der Waals surface area contributed by atoms with Gasteiger partial charge in [0.2, 0.25) is 16.6 Å². The lowest BCUT2D eigenvalue weighted by Crippen LogP contribution is -2.61. The van der Waals surface area contributed by atoms with Gasteiger partial charge in [0.05, 0.1) is 39.4 Å². The van der Waals surface area contributed by atoms with Crippen molar-refractivity contribution in [2.45, 2.75) is 173 Å². The van der Waals surface area contributed by atoms with Crippen molar-refractivity contribution in [3.05, 3.63) is 12.7 Å². The maximum absolute atomic E-state index is 14.1. The van der Waals surface area contributed by atoms with Crippen LogP contribution in [0.4, 0.5) is 0 Å². The molecule has 0 aliphatic rings. The van der Waals surface area contributed by atoms with Crippen LogP contribution in [-0.4, -0.2) is 81.1 Å². The fourth-order valence-electron chi connectivity index (χ4n) is 5.50. The van der Waals surface area contributed by atoms with E-state index in [1.807, 2.05) is 27.7 Å². The minimum atomic E-state index is -2.65. The Morgan fingerprint density at radius 1 is 0.644 bits per heavy atom. The van der Waals surface area contributed by atoms with Crippen LogP contribution in [0, 0.1) is 0 Å². The summed E-state index contributed by atoms with van der Waals surface area (Å²) in [6.45, 7) is 43.2. The van der Waals surface area contributed by atoms with Gasteiger partial charge in [-0.05, 0) is 79.6 Å². The van der Waals surface area contributed by atoms with Crippen LogP contribution in [0.3, 0.4) is 0 Å². The molecule has 0 aromatic carbocycles. The normalized spacial score (nSPS) is 19.3. The molecule has 0 aromatic heterocycles. The predicted octanol–water partition coefficient (Wildman–Crippen LogP) is 9.52. The van der Waals surface area contributed by atoms with Gasteiger partial charge in [-0.25, -0.2) is 0 Å². The van der Waals surface area contributed by atoms with Crippen LogP contribution >= 0.6 is 0 Å². The highest BCUT2D eigenvalue weighted by Gasteiger charge is 2.57. The first-order chi connectivity index (χ1) is 20.1. The SMILES string of the molecule is C=CCOCC(COC(=O)C(C)(CC)[Si](C)(C)O[C@](C)(CC)[Si](C)(C)C)OC(=O)C(C)(CC)[Si](C)(C)OC(C)(CC)[Si](C)(C)C. The van der Waals surface area contributed by atoms with Crippen LogP contribution < -0.4 is 0 Å². The van der Waals surface area contributed by atoms with Gasteiger partial charge in [-0.3, -0.25) is 9.59 Å². The molecule has 11 heteroatoms. The molecular weight excluding hydrogens is 633 g/mol. The van der Waals surface area contributed by atoms with Crippen molar-refractivity contribution in [2.75, 3.05) is 19.8 Å². The van der Waals surface area contributed by atoms with Crippen molar-refractivity contribution in [3.63, 3.8) is 0 Å². The first kappa shape index (κ1) is 44.4. The Morgan fingerprint density at radius 2 is 1.02 bits per heavy atom. The summed E-state index contributed by atoms with van der Waals surface area (Å²) in [7, 11) is -8.71. The molecule has 0 rings (SSSR count). The van der Waals surface area contributed by atoms with Crippen molar-refractivity contribution in [1.82, 2.24) is 0 Å². The molecule has 0 spiro atoms. The van der Waals surface area contributed by atoms with E-state index in [-0.39, 0.29) is 35.6 Å². The molecule has 0 heterocycles. The van der Waals surface area contributed by atoms with E-state index in [1.165, 1.54) is 0 Å². The van der Waals surface area contributed by atoms with Crippen LogP contribution in [0.25, 0.3) is 0 Å². The third-order valence-corrected chi connectivity index (χ3v) is 27.7. The second-order valence-electron chi connectivity index (χ2n) is 16.7. The zero-order valence-electron chi connectivity index (χ0n) is 32.7. The van der Waals surface area contributed by atoms with Crippen molar-refractivity contribution >= 4 is 44.7 Å². The first-order valence-electron chi connectivity index (χ1n) is 17.1. The summed E-state index contributed by atoms with van der Waals surface area (Å²) in [4.78, 5) is 28.0. The Hall–Kier alpha value is -0.572. The van der Waals surface area contributed by atoms with Crippen LogP contribution in [-0.2, 0) is 32.7 Å². The largest absolute Gasteiger partial charge is 0.461 e. The van der Waals surface area contributed by atoms with Crippen LogP contribution in [0.1, 0.15) is 81.1 Å². The highest BCUT2D eigenvalue weighted by molar-refractivity contribution is 6.83. The summed E-state index contributed by atoms with van der Waals surface area (Å²) in [6.07, 6.45) is 3.83. The van der Waals surface area contributed by atoms with Gasteiger partial charge in [-0.2, -0.15) is 0 Å². The molecule has 0 radical (unpaired) electrons. The van der Waals surface area contributed by atoms with Crippen LogP contribution in [0.2, 0.25) is 75.5 Å². The predicted molar refractivity (Wildman–Crippen MR) is 200 cm³/mol. The van der Waals surface area contributed by atoms with Gasteiger partial charge >= 0.3 is 11.9 Å². The molecule has 0 amide bonds. The molecule has 4 unspecified atom stereocenters. The summed E-state index contributed by atoms with van der Waals surface area (Å²) in [5.74, 6) is -0.644. The van der Waals surface area contributed by atoms with E-state index in [1.54, 1.807) is 6.08 Å². The van der Waals surface area contributed by atoms with E-state index in [0.29, 0.717) is 19.4 Å². The molecule has 45 heavy (non-hydrogen) atoms. The standard InChI is InChI=1S/C34H72O7Si4/c1-20-25-37-26-28(39-30(36)32(7,22-3)45(18,19)41-34(9,24-5)43(13,14)15)27-38-29(35)31(6,21-2)44(16,17)40-33(8,23-4)42(10,11)12/h20,28H,1,21-27H2,2-19H3/t28?,31?,32?,33-,34?/m0/s1. The molecule has 0 aromatic rings. The molecular formula is C34H72O7Si4. The number of hydrogen-bond acceptors (Lipinski definition) is 7. The molecule has 0 bridgehead atoms. The smallest absolute Gasteiger partial charge is 0.311 e. The number of ether oxygens (including phenoxy) is 3. The number of hydrogen-bond donors (Lipinski definition) is 0. The first-order valence-corrected chi connectivity index (χ1v) is 29.9. The highest BCUT2D eigenvalue weighted by atomic mass is 28.4. The number of esters is 2. The van der Waals surface area contributed by atoms with E-state index in [4.69, 9.17) is 23.1 Å². The number of carbonyl (C=O) groups excluding carboxylic acids is 2. The van der Waals surface area contributed by atoms with Gasteiger partial charge in [0, 0.05) is 10.4 Å². The Balaban J connectivity index is 6.23. The third-order valence-electron chi connectivity index (χ3n) is 11.7. The zero-order valence-corrected chi connectivity index (χ0v) is 36.7. The Morgan fingerprint density at radius 3 is 1.33 bits per heavy atom. The second kappa shape index (κ2) is 16.2. The van der Waals surface area contributed by atoms with Gasteiger partial charge in [0.1, 0.15) is 6.61 Å². The van der Waals surface area contributed by atoms with E-state index < -0.39 is 49.0 Å². The van der Waals surface area contributed by atoms with Crippen molar-refractivity contribution in [3.8, 4) is 0 Å². The van der Waals surface area contributed by atoms with Crippen LogP contribution in [0.5, 0.6) is 0 Å². The van der Waals surface area contributed by atoms with Gasteiger partial charge in [-0.15, -0.1) is 6.58 Å². The quantitative estimate of drug-likeness (QED) is 0.0510. The molecule has 0 N–H and O–H groups in total. The summed E-state index contributed by atoms with van der Waals surface area (Å²) in [5, 5.41) is -2.13. The summed E-state index contributed by atoms with van der Waals surface area (Å²) < 4.78 is 32.0. The van der Waals surface area contributed by atoms with Crippen molar-refractivity contribution in [2.24, 2.45) is 0 Å². The molecule has 5 atom stereocenters. The number of carbonyl (C=O) groups is 2. The lowest BCUT2D eigenvalue weighted by molar-refractivity contribution is -0.167.